The third-order valence-electron chi connectivity index (χ3n) is 5.55. The lowest BCUT2D eigenvalue weighted by molar-refractivity contribution is 0.0942. The maximum absolute atomic E-state index is 12.8. The first-order valence-corrected chi connectivity index (χ1v) is 9.86. The molecule has 1 atom stereocenters. The molecule has 1 aliphatic carbocycles. The minimum atomic E-state index is -0.198. The van der Waals surface area contributed by atoms with Crippen molar-refractivity contribution in [3.05, 3.63) is 89.0 Å². The van der Waals surface area contributed by atoms with Crippen LogP contribution in [0.4, 0.5) is 0 Å². The number of carbonyl (C=O) groups excluding carboxylic acids is 2. The van der Waals surface area contributed by atoms with E-state index in [1.807, 2.05) is 68.7 Å². The quantitative estimate of drug-likeness (QED) is 0.533. The van der Waals surface area contributed by atoms with Gasteiger partial charge < -0.3 is 15.0 Å². The molecule has 5 heteroatoms. The maximum atomic E-state index is 12.8. The first-order chi connectivity index (χ1) is 14.5. The summed E-state index contributed by atoms with van der Waals surface area (Å²) in [5.74, 6) is 0.552. The summed E-state index contributed by atoms with van der Waals surface area (Å²) in [5, 5.41) is 3.01. The van der Waals surface area contributed by atoms with Crippen LogP contribution in [0.3, 0.4) is 0 Å². The first-order valence-electron chi connectivity index (χ1n) is 9.86. The summed E-state index contributed by atoms with van der Waals surface area (Å²) < 4.78 is 5.32. The minimum absolute atomic E-state index is 0.00985. The van der Waals surface area contributed by atoms with Crippen molar-refractivity contribution >= 4 is 11.7 Å². The molecule has 0 fully saturated rings. The Labute approximate surface area is 176 Å². The van der Waals surface area contributed by atoms with E-state index in [0.29, 0.717) is 23.2 Å². The van der Waals surface area contributed by atoms with Crippen molar-refractivity contribution in [3.8, 4) is 16.9 Å². The lowest BCUT2D eigenvalue weighted by atomic mass is 10.0. The number of hydrogen-bond donors (Lipinski definition) is 1. The van der Waals surface area contributed by atoms with Crippen molar-refractivity contribution in [2.75, 3.05) is 27.7 Å². The molecule has 1 amide bonds. The molecule has 0 spiro atoms. The van der Waals surface area contributed by atoms with Crippen molar-refractivity contribution in [3.63, 3.8) is 0 Å². The van der Waals surface area contributed by atoms with E-state index in [9.17, 15) is 9.59 Å². The summed E-state index contributed by atoms with van der Waals surface area (Å²) in [6.45, 7) is 0.435. The Morgan fingerprint density at radius 1 is 0.933 bits per heavy atom. The fourth-order valence-corrected chi connectivity index (χ4v) is 3.91. The monoisotopic (exact) mass is 400 g/mol. The molecule has 30 heavy (non-hydrogen) atoms. The summed E-state index contributed by atoms with van der Waals surface area (Å²) in [5.41, 5.74) is 4.62. The number of carbonyl (C=O) groups is 2. The highest BCUT2D eigenvalue weighted by Crippen LogP contribution is 2.36. The van der Waals surface area contributed by atoms with Crippen LogP contribution in [-0.2, 0) is 0 Å². The molecule has 0 saturated carbocycles. The van der Waals surface area contributed by atoms with Crippen LogP contribution < -0.4 is 10.1 Å². The van der Waals surface area contributed by atoms with Gasteiger partial charge in [-0.2, -0.15) is 0 Å². The van der Waals surface area contributed by atoms with E-state index in [2.05, 4.69) is 10.2 Å². The summed E-state index contributed by atoms with van der Waals surface area (Å²) in [6.07, 6.45) is 0. The minimum Gasteiger partial charge on any atom is -0.497 e. The topological polar surface area (TPSA) is 58.6 Å². The van der Waals surface area contributed by atoms with E-state index >= 15 is 0 Å². The molecular weight excluding hydrogens is 376 g/mol. The summed E-state index contributed by atoms with van der Waals surface area (Å²) >= 11 is 0. The zero-order valence-electron chi connectivity index (χ0n) is 17.3. The zero-order valence-corrected chi connectivity index (χ0v) is 17.3. The smallest absolute Gasteiger partial charge is 0.251 e. The fraction of sp³-hybridized carbons (Fsp3) is 0.200. The van der Waals surface area contributed by atoms with Gasteiger partial charge in [-0.15, -0.1) is 0 Å². The van der Waals surface area contributed by atoms with Gasteiger partial charge >= 0.3 is 0 Å². The summed E-state index contributed by atoms with van der Waals surface area (Å²) in [6, 6.07) is 20.7. The van der Waals surface area contributed by atoms with Crippen molar-refractivity contribution in [2.45, 2.75) is 6.04 Å². The molecule has 0 saturated heterocycles. The number of nitrogens with zero attached hydrogens (tertiary/aromatic N) is 1. The van der Waals surface area contributed by atoms with Crippen molar-refractivity contribution in [1.29, 1.82) is 0 Å². The third-order valence-corrected chi connectivity index (χ3v) is 5.55. The first kappa shape index (κ1) is 19.9. The van der Waals surface area contributed by atoms with Crippen LogP contribution in [0, 0.1) is 0 Å². The van der Waals surface area contributed by atoms with Crippen LogP contribution >= 0.6 is 0 Å². The lowest BCUT2D eigenvalue weighted by Crippen LogP contribution is -2.34. The van der Waals surface area contributed by atoms with Gasteiger partial charge in [-0.3, -0.25) is 9.59 Å². The number of likely N-dealkylation sites (N-methyl/N-ethyl adjacent to an activating group) is 1. The lowest BCUT2D eigenvalue weighted by Gasteiger charge is -2.25. The van der Waals surface area contributed by atoms with Gasteiger partial charge in [0.05, 0.1) is 13.2 Å². The highest BCUT2D eigenvalue weighted by molar-refractivity contribution is 6.22. The second-order valence-corrected chi connectivity index (χ2v) is 7.60. The van der Waals surface area contributed by atoms with Gasteiger partial charge in [-0.25, -0.2) is 0 Å². The van der Waals surface area contributed by atoms with E-state index in [0.717, 1.165) is 22.4 Å². The number of methoxy groups -OCH3 is 1. The molecule has 0 radical (unpaired) electrons. The Balaban J connectivity index is 1.52. The standard InChI is InChI=1S/C25H24N2O3/c1-27(2)23(16-7-6-8-18(13-16)30-3)15-26-25(29)17-11-12-20-19-9-4-5-10-21(19)24(28)22(20)14-17/h4-14,23H,15H2,1-3H3,(H,26,29)/t23-/m0/s1. The average Bonchev–Trinajstić information content (AvgIpc) is 3.05. The van der Waals surface area contributed by atoms with Crippen LogP contribution in [0.15, 0.2) is 66.7 Å². The fourth-order valence-electron chi connectivity index (χ4n) is 3.91. The van der Waals surface area contributed by atoms with Gasteiger partial charge in [0.15, 0.2) is 5.78 Å². The number of ether oxygens (including phenoxy) is 1. The number of fused-ring (bicyclic) bond motifs is 3. The van der Waals surface area contributed by atoms with Crippen LogP contribution in [-0.4, -0.2) is 44.3 Å². The number of benzene rings is 3. The molecule has 3 aromatic rings. The molecular formula is C25H24N2O3. The van der Waals surface area contributed by atoms with Crippen LogP contribution in [0.1, 0.15) is 37.9 Å². The second-order valence-electron chi connectivity index (χ2n) is 7.60. The number of amides is 1. The van der Waals surface area contributed by atoms with Crippen molar-refractivity contribution in [2.24, 2.45) is 0 Å². The van der Waals surface area contributed by atoms with Crippen molar-refractivity contribution in [1.82, 2.24) is 10.2 Å². The molecule has 1 aliphatic rings. The average molecular weight is 400 g/mol. The van der Waals surface area contributed by atoms with E-state index in [4.69, 9.17) is 4.74 Å². The predicted molar refractivity (Wildman–Crippen MR) is 117 cm³/mol. The summed E-state index contributed by atoms with van der Waals surface area (Å²) in [7, 11) is 5.59. The van der Waals surface area contributed by atoms with E-state index < -0.39 is 0 Å². The highest BCUT2D eigenvalue weighted by Gasteiger charge is 2.27. The zero-order chi connectivity index (χ0) is 21.3. The van der Waals surface area contributed by atoms with Gasteiger partial charge in [0.25, 0.3) is 5.91 Å². The van der Waals surface area contributed by atoms with E-state index in [1.165, 1.54) is 0 Å². The number of nitrogens with one attached hydrogen (secondary N) is 1. The highest BCUT2D eigenvalue weighted by atomic mass is 16.5. The summed E-state index contributed by atoms with van der Waals surface area (Å²) in [4.78, 5) is 27.6. The predicted octanol–water partition coefficient (Wildman–Crippen LogP) is 3.94. The van der Waals surface area contributed by atoms with Gasteiger partial charge in [-0.1, -0.05) is 42.5 Å². The molecule has 0 aliphatic heterocycles. The van der Waals surface area contributed by atoms with Gasteiger partial charge in [0.2, 0.25) is 0 Å². The molecule has 152 valence electrons. The normalized spacial score (nSPS) is 13.0. The largest absolute Gasteiger partial charge is 0.497 e. The number of hydrogen-bond acceptors (Lipinski definition) is 4. The SMILES string of the molecule is COc1cccc([C@H](CNC(=O)c2ccc3c(c2)C(=O)c2ccccc2-3)N(C)C)c1. The molecule has 5 nitrogen and oxygen atoms in total. The van der Waals surface area contributed by atoms with Crippen LogP contribution in [0.2, 0.25) is 0 Å². The second kappa shape index (κ2) is 8.13. The van der Waals surface area contributed by atoms with Gasteiger partial charge in [-0.05, 0) is 55.1 Å². The molecule has 0 aromatic heterocycles. The Morgan fingerprint density at radius 2 is 1.67 bits per heavy atom. The number of ketones is 1. The third kappa shape index (κ3) is 3.60. The van der Waals surface area contributed by atoms with Gasteiger partial charge in [0.1, 0.15) is 5.75 Å². The molecule has 0 unspecified atom stereocenters. The van der Waals surface area contributed by atoms with Gasteiger partial charge in [0, 0.05) is 23.2 Å². The Kier molecular flexibility index (Phi) is 5.38. The molecule has 0 heterocycles. The van der Waals surface area contributed by atoms with Crippen LogP contribution in [0.5, 0.6) is 5.75 Å². The molecule has 4 rings (SSSR count). The molecule has 3 aromatic carbocycles. The van der Waals surface area contributed by atoms with E-state index in [-0.39, 0.29) is 17.7 Å². The molecule has 0 bridgehead atoms. The van der Waals surface area contributed by atoms with Crippen molar-refractivity contribution < 1.29 is 14.3 Å². The molecule has 1 N–H and O–H groups in total. The Hall–Kier alpha value is -3.44. The number of rotatable bonds is 6. The van der Waals surface area contributed by atoms with Crippen LogP contribution in [0.25, 0.3) is 11.1 Å². The Morgan fingerprint density at radius 3 is 2.40 bits per heavy atom. The maximum Gasteiger partial charge on any atom is 0.251 e. The Bertz CT molecular complexity index is 1120. The van der Waals surface area contributed by atoms with E-state index in [1.54, 1.807) is 19.2 Å².